The molecule has 0 aromatic heterocycles. The molecule has 26 heavy (non-hydrogen) atoms. The van der Waals surface area contributed by atoms with Crippen LogP contribution in [0, 0.1) is 5.41 Å². The molecule has 0 saturated heterocycles. The first-order valence-electron chi connectivity index (χ1n) is 9.31. The Balaban J connectivity index is 1.86. The Kier molecular flexibility index (Phi) is 7.24. The predicted molar refractivity (Wildman–Crippen MR) is 110 cm³/mol. The second kappa shape index (κ2) is 9.00. The zero-order valence-electron chi connectivity index (χ0n) is 16.7. The van der Waals surface area contributed by atoms with Gasteiger partial charge >= 0.3 is 0 Å². The normalized spacial score (nSPS) is 26.0. The molecule has 1 aromatic carbocycles. The Hall–Kier alpha value is -1.40. The van der Waals surface area contributed by atoms with Gasteiger partial charge in [-0.25, -0.2) is 0 Å². The van der Waals surface area contributed by atoms with Gasteiger partial charge in [-0.2, -0.15) is 0 Å². The van der Waals surface area contributed by atoms with Gasteiger partial charge in [0.25, 0.3) is 0 Å². The van der Waals surface area contributed by atoms with E-state index in [4.69, 9.17) is 4.74 Å². The number of methoxy groups -OCH3 is 1. The molecular formula is C20H33N3O2S. The van der Waals surface area contributed by atoms with Gasteiger partial charge in [0.05, 0.1) is 12.1 Å². The molecule has 3 atom stereocenters. The third-order valence-corrected chi connectivity index (χ3v) is 6.99. The van der Waals surface area contributed by atoms with Gasteiger partial charge in [-0.1, -0.05) is 44.2 Å². The van der Waals surface area contributed by atoms with E-state index >= 15 is 0 Å². The number of hydrogen-bond acceptors (Lipinski definition) is 3. The standard InChI is InChI=1S/C20H33N3O2S/c1-6-21-18(23-17-14-20(4,25-5)19(17,2)3)22-12-13-26(24)15-16-10-8-7-9-11-16/h7-11,17H,6,12-15H2,1-5H3,(H2,21,22,23). The van der Waals surface area contributed by atoms with E-state index in [-0.39, 0.29) is 11.0 Å². The first kappa shape index (κ1) is 20.9. The summed E-state index contributed by atoms with van der Waals surface area (Å²) in [5.41, 5.74) is 1.02. The van der Waals surface area contributed by atoms with Crippen LogP contribution in [0.4, 0.5) is 0 Å². The van der Waals surface area contributed by atoms with Crippen molar-refractivity contribution in [3.63, 3.8) is 0 Å². The molecule has 0 heterocycles. The molecule has 1 saturated carbocycles. The first-order valence-corrected chi connectivity index (χ1v) is 10.8. The van der Waals surface area contributed by atoms with Crippen LogP contribution in [0.2, 0.25) is 0 Å². The van der Waals surface area contributed by atoms with Gasteiger partial charge < -0.3 is 15.4 Å². The zero-order chi connectivity index (χ0) is 19.2. The molecule has 0 aliphatic heterocycles. The Morgan fingerprint density at radius 3 is 2.58 bits per heavy atom. The van der Waals surface area contributed by atoms with Crippen molar-refractivity contribution in [2.45, 2.75) is 51.5 Å². The maximum absolute atomic E-state index is 12.3. The summed E-state index contributed by atoms with van der Waals surface area (Å²) in [5, 5.41) is 6.80. The van der Waals surface area contributed by atoms with E-state index in [9.17, 15) is 4.21 Å². The maximum Gasteiger partial charge on any atom is 0.191 e. The van der Waals surface area contributed by atoms with E-state index in [1.807, 2.05) is 30.3 Å². The topological polar surface area (TPSA) is 62.7 Å². The Morgan fingerprint density at radius 1 is 1.31 bits per heavy atom. The molecule has 1 fully saturated rings. The minimum absolute atomic E-state index is 0.0219. The number of benzene rings is 1. The van der Waals surface area contributed by atoms with Gasteiger partial charge in [-0.15, -0.1) is 0 Å². The molecule has 1 aliphatic carbocycles. The molecule has 3 unspecified atom stereocenters. The van der Waals surface area contributed by atoms with E-state index in [1.54, 1.807) is 7.11 Å². The summed E-state index contributed by atoms with van der Waals surface area (Å²) in [4.78, 5) is 4.62. The predicted octanol–water partition coefficient (Wildman–Crippen LogP) is 2.69. The van der Waals surface area contributed by atoms with Crippen LogP contribution in [-0.2, 0) is 21.3 Å². The van der Waals surface area contributed by atoms with Crippen molar-refractivity contribution >= 4 is 16.8 Å². The van der Waals surface area contributed by atoms with Crippen LogP contribution in [0.5, 0.6) is 0 Å². The maximum atomic E-state index is 12.3. The van der Waals surface area contributed by atoms with Crippen molar-refractivity contribution < 1.29 is 8.95 Å². The van der Waals surface area contributed by atoms with Crippen molar-refractivity contribution in [3.05, 3.63) is 35.9 Å². The van der Waals surface area contributed by atoms with Crippen molar-refractivity contribution in [1.82, 2.24) is 10.6 Å². The van der Waals surface area contributed by atoms with Crippen LogP contribution >= 0.6 is 0 Å². The Bertz CT molecular complexity index is 633. The summed E-state index contributed by atoms with van der Waals surface area (Å²) in [6.45, 7) is 9.99. The molecule has 1 aromatic rings. The minimum Gasteiger partial charge on any atom is -0.378 e. The molecule has 146 valence electrons. The van der Waals surface area contributed by atoms with Gasteiger partial charge in [0, 0.05) is 47.4 Å². The number of aliphatic imine (C=N–C) groups is 1. The van der Waals surface area contributed by atoms with E-state index in [1.165, 1.54) is 0 Å². The van der Waals surface area contributed by atoms with Crippen LogP contribution in [0.15, 0.2) is 35.3 Å². The average molecular weight is 380 g/mol. The fourth-order valence-corrected chi connectivity index (χ4v) is 4.30. The molecule has 1 aliphatic rings. The van der Waals surface area contributed by atoms with Crippen LogP contribution in [0.3, 0.4) is 0 Å². The molecule has 0 spiro atoms. The fourth-order valence-electron chi connectivity index (χ4n) is 3.30. The quantitative estimate of drug-likeness (QED) is 0.538. The molecule has 0 radical (unpaired) electrons. The molecule has 2 N–H and O–H groups in total. The minimum atomic E-state index is -0.904. The molecule has 0 bridgehead atoms. The third kappa shape index (κ3) is 4.86. The van der Waals surface area contributed by atoms with Crippen molar-refractivity contribution in [3.8, 4) is 0 Å². The highest BCUT2D eigenvalue weighted by Gasteiger charge is 2.58. The summed E-state index contributed by atoms with van der Waals surface area (Å²) < 4.78 is 17.9. The SMILES string of the molecule is CCNC(=NCCS(=O)Cc1ccccc1)NC1CC(C)(OC)C1(C)C. The Labute approximate surface area is 160 Å². The number of nitrogens with one attached hydrogen (secondary N) is 2. The first-order chi connectivity index (χ1) is 12.3. The second-order valence-corrected chi connectivity index (χ2v) is 9.17. The summed E-state index contributed by atoms with van der Waals surface area (Å²) >= 11 is 0. The van der Waals surface area contributed by atoms with Crippen LogP contribution in [-0.4, -0.2) is 47.8 Å². The number of rotatable bonds is 8. The van der Waals surface area contributed by atoms with Crippen LogP contribution in [0.25, 0.3) is 0 Å². The largest absolute Gasteiger partial charge is 0.378 e. The lowest BCUT2D eigenvalue weighted by atomic mass is 9.56. The Morgan fingerprint density at radius 2 is 2.00 bits per heavy atom. The van der Waals surface area contributed by atoms with E-state index in [2.05, 4.69) is 43.3 Å². The van der Waals surface area contributed by atoms with E-state index < -0.39 is 10.8 Å². The monoisotopic (exact) mass is 379 g/mol. The summed E-state index contributed by atoms with van der Waals surface area (Å²) in [5.74, 6) is 1.94. The van der Waals surface area contributed by atoms with Crippen LogP contribution < -0.4 is 10.6 Å². The van der Waals surface area contributed by atoms with Crippen molar-refractivity contribution in [2.24, 2.45) is 10.4 Å². The molecular weight excluding hydrogens is 346 g/mol. The van der Waals surface area contributed by atoms with Crippen LogP contribution in [0.1, 0.15) is 39.7 Å². The van der Waals surface area contributed by atoms with Gasteiger partial charge in [0.1, 0.15) is 0 Å². The number of nitrogens with zero attached hydrogens (tertiary/aromatic N) is 1. The number of ether oxygens (including phenoxy) is 1. The number of guanidine groups is 1. The lowest BCUT2D eigenvalue weighted by Crippen LogP contribution is -2.69. The van der Waals surface area contributed by atoms with E-state index in [0.29, 0.717) is 24.1 Å². The highest BCUT2D eigenvalue weighted by Crippen LogP contribution is 2.51. The molecule has 2 rings (SSSR count). The summed E-state index contributed by atoms with van der Waals surface area (Å²) in [6.07, 6.45) is 0.945. The lowest BCUT2D eigenvalue weighted by molar-refractivity contribution is -0.176. The van der Waals surface area contributed by atoms with Crippen molar-refractivity contribution in [1.29, 1.82) is 0 Å². The third-order valence-electron chi connectivity index (χ3n) is 5.69. The average Bonchev–Trinajstić information content (AvgIpc) is 2.62. The van der Waals surface area contributed by atoms with Gasteiger partial charge in [-0.3, -0.25) is 9.20 Å². The van der Waals surface area contributed by atoms with Gasteiger partial charge in [0.15, 0.2) is 5.96 Å². The lowest BCUT2D eigenvalue weighted by Gasteiger charge is -2.59. The molecule has 5 nitrogen and oxygen atoms in total. The van der Waals surface area contributed by atoms with Gasteiger partial charge in [0.2, 0.25) is 0 Å². The number of hydrogen-bond donors (Lipinski definition) is 2. The van der Waals surface area contributed by atoms with Gasteiger partial charge in [-0.05, 0) is 25.8 Å². The highest BCUT2D eigenvalue weighted by atomic mass is 32.2. The highest BCUT2D eigenvalue weighted by molar-refractivity contribution is 7.84. The molecule has 0 amide bonds. The van der Waals surface area contributed by atoms with Crippen molar-refractivity contribution in [2.75, 3.05) is 26.0 Å². The van der Waals surface area contributed by atoms with E-state index in [0.717, 1.165) is 24.5 Å². The summed E-state index contributed by atoms with van der Waals surface area (Å²) in [6, 6.07) is 10.3. The summed E-state index contributed by atoms with van der Waals surface area (Å²) in [7, 11) is 0.873. The smallest absolute Gasteiger partial charge is 0.191 e. The fraction of sp³-hybridized carbons (Fsp3) is 0.650. The molecule has 6 heteroatoms. The zero-order valence-corrected chi connectivity index (χ0v) is 17.5. The second-order valence-electron chi connectivity index (χ2n) is 7.59.